The Hall–Kier alpha value is -3.15. The van der Waals surface area contributed by atoms with E-state index in [9.17, 15) is 4.79 Å². The highest BCUT2D eigenvalue weighted by Gasteiger charge is 2.28. The molecule has 0 aliphatic carbocycles. The molecule has 0 unspecified atom stereocenters. The van der Waals surface area contributed by atoms with Gasteiger partial charge in [0.05, 0.1) is 6.04 Å². The van der Waals surface area contributed by atoms with Crippen molar-refractivity contribution in [2.75, 3.05) is 18.0 Å². The van der Waals surface area contributed by atoms with E-state index in [0.717, 1.165) is 37.1 Å². The van der Waals surface area contributed by atoms with Gasteiger partial charge in [0.2, 0.25) is 11.8 Å². The standard InChI is InChI=1S/C23H26N4O2/c1-16-8-10-20(11-9-16)22-25-26-23(29-22)27-14-12-19(13-15-27)21(28)24-17(2)18-6-4-3-5-7-18/h3-11,17,19H,12-15H2,1-2H3,(H,24,28)/t17-/m1/s1. The summed E-state index contributed by atoms with van der Waals surface area (Å²) in [6, 6.07) is 18.6. The smallest absolute Gasteiger partial charge is 0.318 e. The minimum atomic E-state index is 0.00902. The van der Waals surface area contributed by atoms with Gasteiger partial charge in [-0.15, -0.1) is 5.10 Å². The van der Waals surface area contributed by atoms with Gasteiger partial charge in [-0.1, -0.05) is 53.1 Å². The number of rotatable bonds is 5. The van der Waals surface area contributed by atoms with E-state index in [0.29, 0.717) is 11.9 Å². The van der Waals surface area contributed by atoms with E-state index in [4.69, 9.17) is 4.42 Å². The monoisotopic (exact) mass is 390 g/mol. The minimum absolute atomic E-state index is 0.00902. The number of benzene rings is 2. The maximum absolute atomic E-state index is 12.7. The van der Waals surface area contributed by atoms with Crippen LogP contribution in [0.15, 0.2) is 59.0 Å². The van der Waals surface area contributed by atoms with Gasteiger partial charge >= 0.3 is 6.01 Å². The quantitative estimate of drug-likeness (QED) is 0.709. The lowest BCUT2D eigenvalue weighted by Gasteiger charge is -2.30. The van der Waals surface area contributed by atoms with Crippen molar-refractivity contribution in [1.29, 1.82) is 0 Å². The van der Waals surface area contributed by atoms with Crippen LogP contribution in [0.4, 0.5) is 6.01 Å². The molecule has 1 fully saturated rings. The summed E-state index contributed by atoms with van der Waals surface area (Å²) in [6.45, 7) is 5.53. The normalized spacial score (nSPS) is 15.9. The number of amides is 1. The van der Waals surface area contributed by atoms with Gasteiger partial charge in [0, 0.05) is 24.6 Å². The summed E-state index contributed by atoms with van der Waals surface area (Å²) < 4.78 is 5.87. The van der Waals surface area contributed by atoms with Crippen molar-refractivity contribution in [3.63, 3.8) is 0 Å². The number of hydrogen-bond donors (Lipinski definition) is 1. The number of carbonyl (C=O) groups is 1. The zero-order valence-electron chi connectivity index (χ0n) is 16.8. The minimum Gasteiger partial charge on any atom is -0.403 e. The van der Waals surface area contributed by atoms with E-state index in [1.165, 1.54) is 5.56 Å². The van der Waals surface area contributed by atoms with Crippen LogP contribution in [0, 0.1) is 12.8 Å². The van der Waals surface area contributed by atoms with E-state index < -0.39 is 0 Å². The SMILES string of the molecule is Cc1ccc(-c2nnc(N3CCC(C(=O)N[C@H](C)c4ccccc4)CC3)o2)cc1. The molecule has 1 atom stereocenters. The molecule has 2 heterocycles. The lowest BCUT2D eigenvalue weighted by Crippen LogP contribution is -2.41. The van der Waals surface area contributed by atoms with E-state index in [-0.39, 0.29) is 17.9 Å². The van der Waals surface area contributed by atoms with Gasteiger partial charge in [-0.05, 0) is 44.4 Å². The Morgan fingerprint density at radius 2 is 1.76 bits per heavy atom. The predicted octanol–water partition coefficient (Wildman–Crippen LogP) is 4.14. The summed E-state index contributed by atoms with van der Waals surface area (Å²) in [5, 5.41) is 11.5. The molecule has 6 nitrogen and oxygen atoms in total. The van der Waals surface area contributed by atoms with Gasteiger partial charge in [-0.25, -0.2) is 0 Å². The van der Waals surface area contributed by atoms with Gasteiger partial charge in [-0.3, -0.25) is 4.79 Å². The summed E-state index contributed by atoms with van der Waals surface area (Å²) in [7, 11) is 0. The first-order chi connectivity index (χ1) is 14.1. The van der Waals surface area contributed by atoms with Crippen LogP contribution in [-0.2, 0) is 4.79 Å². The maximum atomic E-state index is 12.7. The molecule has 0 radical (unpaired) electrons. The molecule has 1 aromatic heterocycles. The van der Waals surface area contributed by atoms with Crippen molar-refractivity contribution in [1.82, 2.24) is 15.5 Å². The number of nitrogens with zero attached hydrogens (tertiary/aromatic N) is 3. The Morgan fingerprint density at radius 3 is 2.45 bits per heavy atom. The van der Waals surface area contributed by atoms with Crippen molar-refractivity contribution in [3.8, 4) is 11.5 Å². The number of anilines is 1. The van der Waals surface area contributed by atoms with Crippen LogP contribution in [0.3, 0.4) is 0 Å². The first-order valence-electron chi connectivity index (χ1n) is 10.1. The van der Waals surface area contributed by atoms with E-state index in [1.54, 1.807) is 0 Å². The lowest BCUT2D eigenvalue weighted by molar-refractivity contribution is -0.126. The molecular formula is C23H26N4O2. The molecule has 1 amide bonds. The fraction of sp³-hybridized carbons (Fsp3) is 0.348. The maximum Gasteiger partial charge on any atom is 0.318 e. The van der Waals surface area contributed by atoms with Gasteiger partial charge in [-0.2, -0.15) is 0 Å². The molecule has 1 saturated heterocycles. The molecule has 0 bridgehead atoms. The third-order valence-electron chi connectivity index (χ3n) is 5.51. The van der Waals surface area contributed by atoms with Crippen LogP contribution in [0.25, 0.3) is 11.5 Å². The molecule has 6 heteroatoms. The summed E-state index contributed by atoms with van der Waals surface area (Å²) in [5.41, 5.74) is 3.22. The van der Waals surface area contributed by atoms with Crippen LogP contribution >= 0.6 is 0 Å². The Balaban J connectivity index is 1.32. The van der Waals surface area contributed by atoms with E-state index >= 15 is 0 Å². The van der Waals surface area contributed by atoms with Crippen molar-refractivity contribution < 1.29 is 9.21 Å². The third kappa shape index (κ3) is 4.47. The largest absolute Gasteiger partial charge is 0.403 e. The molecular weight excluding hydrogens is 364 g/mol. The average molecular weight is 390 g/mol. The van der Waals surface area contributed by atoms with Crippen LogP contribution in [0.2, 0.25) is 0 Å². The van der Waals surface area contributed by atoms with Crippen molar-refractivity contribution >= 4 is 11.9 Å². The number of aromatic nitrogens is 2. The zero-order valence-corrected chi connectivity index (χ0v) is 16.8. The number of hydrogen-bond acceptors (Lipinski definition) is 5. The summed E-state index contributed by atoms with van der Waals surface area (Å²) in [6.07, 6.45) is 1.55. The second-order valence-corrected chi connectivity index (χ2v) is 7.66. The number of nitrogens with one attached hydrogen (secondary N) is 1. The zero-order chi connectivity index (χ0) is 20.2. The van der Waals surface area contributed by atoms with Crippen LogP contribution in [0.5, 0.6) is 0 Å². The highest BCUT2D eigenvalue weighted by Crippen LogP contribution is 2.26. The summed E-state index contributed by atoms with van der Waals surface area (Å²) in [5.74, 6) is 0.653. The third-order valence-corrected chi connectivity index (χ3v) is 5.51. The first-order valence-corrected chi connectivity index (χ1v) is 10.1. The topological polar surface area (TPSA) is 71.3 Å². The summed E-state index contributed by atoms with van der Waals surface area (Å²) >= 11 is 0. The molecule has 1 aliphatic heterocycles. The predicted molar refractivity (Wildman–Crippen MR) is 112 cm³/mol. The second kappa shape index (κ2) is 8.47. The van der Waals surface area contributed by atoms with E-state index in [1.807, 2.05) is 68.4 Å². The van der Waals surface area contributed by atoms with Gasteiger partial charge in [0.25, 0.3) is 0 Å². The Morgan fingerprint density at radius 1 is 1.07 bits per heavy atom. The molecule has 4 rings (SSSR count). The van der Waals surface area contributed by atoms with Crippen LogP contribution in [-0.4, -0.2) is 29.2 Å². The van der Waals surface area contributed by atoms with Gasteiger partial charge in [0.1, 0.15) is 0 Å². The van der Waals surface area contributed by atoms with E-state index in [2.05, 4.69) is 20.4 Å². The Bertz CT molecular complexity index is 945. The number of piperidine rings is 1. The Kier molecular flexibility index (Phi) is 5.60. The Labute approximate surface area is 170 Å². The molecule has 3 aromatic rings. The average Bonchev–Trinajstić information content (AvgIpc) is 3.25. The highest BCUT2D eigenvalue weighted by atomic mass is 16.4. The summed E-state index contributed by atoms with van der Waals surface area (Å²) in [4.78, 5) is 14.7. The van der Waals surface area contributed by atoms with Crippen molar-refractivity contribution in [3.05, 3.63) is 65.7 Å². The van der Waals surface area contributed by atoms with Gasteiger partial charge in [0.15, 0.2) is 0 Å². The molecule has 2 aromatic carbocycles. The molecule has 29 heavy (non-hydrogen) atoms. The van der Waals surface area contributed by atoms with Crippen molar-refractivity contribution in [2.45, 2.75) is 32.7 Å². The second-order valence-electron chi connectivity index (χ2n) is 7.66. The first kappa shape index (κ1) is 19.2. The number of aryl methyl sites for hydroxylation is 1. The van der Waals surface area contributed by atoms with Crippen molar-refractivity contribution in [2.24, 2.45) is 5.92 Å². The molecule has 1 N–H and O–H groups in total. The fourth-order valence-electron chi connectivity index (χ4n) is 3.65. The van der Waals surface area contributed by atoms with Crippen LogP contribution in [0.1, 0.15) is 36.9 Å². The molecule has 0 spiro atoms. The highest BCUT2D eigenvalue weighted by molar-refractivity contribution is 5.79. The fourth-order valence-corrected chi connectivity index (χ4v) is 3.65. The number of carbonyl (C=O) groups excluding carboxylic acids is 1. The van der Waals surface area contributed by atoms with Gasteiger partial charge < -0.3 is 14.6 Å². The molecule has 150 valence electrons. The lowest BCUT2D eigenvalue weighted by atomic mass is 9.95. The van der Waals surface area contributed by atoms with Crippen LogP contribution < -0.4 is 10.2 Å². The molecule has 1 aliphatic rings. The molecule has 0 saturated carbocycles.